The lowest BCUT2D eigenvalue weighted by atomic mass is 10.1. The van der Waals surface area contributed by atoms with Gasteiger partial charge in [0.1, 0.15) is 0 Å². The third-order valence-corrected chi connectivity index (χ3v) is 3.12. The number of ether oxygens (including phenoxy) is 1. The molecule has 1 aliphatic heterocycles. The Balaban J connectivity index is 2.45. The molecule has 1 aliphatic rings. The first kappa shape index (κ1) is 12.5. The largest absolute Gasteiger partial charge is 0.469 e. The minimum Gasteiger partial charge on any atom is -0.469 e. The number of carbonyl (C=O) groups is 1. The summed E-state index contributed by atoms with van der Waals surface area (Å²) >= 11 is 0. The highest BCUT2D eigenvalue weighted by molar-refractivity contribution is 5.69. The van der Waals surface area contributed by atoms with E-state index in [0.717, 1.165) is 19.6 Å². The second-order valence-corrected chi connectivity index (χ2v) is 4.11. The molecule has 4 nitrogen and oxygen atoms in total. The molecule has 1 rings (SSSR count). The number of likely N-dealkylation sites (N-methyl/N-ethyl adjacent to an activating group) is 1. The molecule has 0 spiro atoms. The fourth-order valence-corrected chi connectivity index (χ4v) is 2.29. The number of hydrogen-bond acceptors (Lipinski definition) is 4. The van der Waals surface area contributed by atoms with Gasteiger partial charge in [0.2, 0.25) is 0 Å². The molecule has 0 radical (unpaired) electrons. The summed E-state index contributed by atoms with van der Waals surface area (Å²) in [6, 6.07) is 0.849. The molecule has 0 aliphatic carbocycles. The van der Waals surface area contributed by atoms with E-state index in [1.807, 2.05) is 0 Å². The monoisotopic (exact) mass is 214 g/mol. The number of nitrogens with zero attached hydrogens (tertiary/aromatic N) is 1. The molecule has 15 heavy (non-hydrogen) atoms. The Morgan fingerprint density at radius 1 is 1.67 bits per heavy atom. The highest BCUT2D eigenvalue weighted by Gasteiger charge is 2.26. The minimum absolute atomic E-state index is 0.119. The van der Waals surface area contributed by atoms with Gasteiger partial charge in [-0.1, -0.05) is 6.92 Å². The van der Waals surface area contributed by atoms with Crippen molar-refractivity contribution in [3.8, 4) is 0 Å². The van der Waals surface area contributed by atoms with Crippen molar-refractivity contribution in [1.82, 2.24) is 10.2 Å². The third-order valence-electron chi connectivity index (χ3n) is 3.12. The average Bonchev–Trinajstić information content (AvgIpc) is 2.72. The molecule has 1 fully saturated rings. The molecule has 0 aromatic heterocycles. The topological polar surface area (TPSA) is 41.6 Å². The van der Waals surface area contributed by atoms with E-state index in [0.29, 0.717) is 12.5 Å². The van der Waals surface area contributed by atoms with Crippen molar-refractivity contribution in [3.63, 3.8) is 0 Å². The first-order valence-electron chi connectivity index (χ1n) is 5.72. The highest BCUT2D eigenvalue weighted by atomic mass is 16.5. The van der Waals surface area contributed by atoms with Gasteiger partial charge in [0.25, 0.3) is 0 Å². The number of nitrogens with one attached hydrogen (secondary N) is 1. The smallest absolute Gasteiger partial charge is 0.307 e. The predicted molar refractivity (Wildman–Crippen MR) is 59.7 cm³/mol. The molecule has 2 unspecified atom stereocenters. The summed E-state index contributed by atoms with van der Waals surface area (Å²) in [7, 11) is 1.45. The molecule has 1 N–H and O–H groups in total. The van der Waals surface area contributed by atoms with Gasteiger partial charge in [-0.25, -0.2) is 0 Å². The van der Waals surface area contributed by atoms with Gasteiger partial charge in [-0.3, -0.25) is 9.69 Å². The van der Waals surface area contributed by atoms with Crippen LogP contribution in [0.1, 0.15) is 26.7 Å². The van der Waals surface area contributed by atoms with E-state index in [-0.39, 0.29) is 12.0 Å². The van der Waals surface area contributed by atoms with Crippen LogP contribution >= 0.6 is 0 Å². The molecule has 1 heterocycles. The Hall–Kier alpha value is -0.610. The van der Waals surface area contributed by atoms with Crippen LogP contribution in [-0.2, 0) is 9.53 Å². The molecular weight excluding hydrogens is 192 g/mol. The molecule has 0 amide bonds. The summed E-state index contributed by atoms with van der Waals surface area (Å²) in [6.07, 6.45) is 1.67. The molecular formula is C11H22N2O2. The average molecular weight is 214 g/mol. The number of hydrogen-bond donors (Lipinski definition) is 1. The first-order chi connectivity index (χ1) is 7.19. The van der Waals surface area contributed by atoms with Gasteiger partial charge in [-0.05, 0) is 26.4 Å². The fraction of sp³-hybridized carbons (Fsp3) is 0.909. The minimum atomic E-state index is -0.119. The third kappa shape index (κ3) is 3.47. The molecule has 0 saturated carbocycles. The normalized spacial score (nSPS) is 23.1. The van der Waals surface area contributed by atoms with Gasteiger partial charge in [0.15, 0.2) is 0 Å². The van der Waals surface area contributed by atoms with Gasteiger partial charge < -0.3 is 10.1 Å². The zero-order valence-corrected chi connectivity index (χ0v) is 9.95. The van der Waals surface area contributed by atoms with E-state index in [4.69, 9.17) is 4.74 Å². The molecule has 0 bridgehead atoms. The number of methoxy groups -OCH3 is 1. The van der Waals surface area contributed by atoms with Crippen molar-refractivity contribution >= 4 is 5.97 Å². The van der Waals surface area contributed by atoms with Crippen molar-refractivity contribution < 1.29 is 9.53 Å². The molecule has 0 aromatic carbocycles. The van der Waals surface area contributed by atoms with Gasteiger partial charge in [-0.2, -0.15) is 0 Å². The Morgan fingerprint density at radius 3 is 2.87 bits per heavy atom. The zero-order chi connectivity index (χ0) is 11.3. The molecule has 1 saturated heterocycles. The van der Waals surface area contributed by atoms with E-state index >= 15 is 0 Å². The maximum Gasteiger partial charge on any atom is 0.307 e. The lowest BCUT2D eigenvalue weighted by Gasteiger charge is -2.32. The maximum atomic E-state index is 11.2. The lowest BCUT2D eigenvalue weighted by molar-refractivity contribution is -0.142. The standard InChI is InChI=1S/C11H22N2O2/c1-4-13(10-5-6-12-8-10)9(2)7-11(14)15-3/h9-10,12H,4-8H2,1-3H3. The molecule has 88 valence electrons. The van der Waals surface area contributed by atoms with Gasteiger partial charge in [-0.15, -0.1) is 0 Å². The number of carbonyl (C=O) groups excluding carboxylic acids is 1. The van der Waals surface area contributed by atoms with Gasteiger partial charge in [0.05, 0.1) is 13.5 Å². The predicted octanol–water partition coefficient (Wildman–Crippen LogP) is 0.622. The van der Waals surface area contributed by atoms with Crippen molar-refractivity contribution in [2.45, 2.75) is 38.8 Å². The van der Waals surface area contributed by atoms with Crippen molar-refractivity contribution in [2.24, 2.45) is 0 Å². The van der Waals surface area contributed by atoms with Crippen molar-refractivity contribution in [1.29, 1.82) is 0 Å². The molecule has 2 atom stereocenters. The first-order valence-corrected chi connectivity index (χ1v) is 5.72. The van der Waals surface area contributed by atoms with Crippen LogP contribution in [0.5, 0.6) is 0 Å². The van der Waals surface area contributed by atoms with Crippen LogP contribution < -0.4 is 5.32 Å². The van der Waals surface area contributed by atoms with Crippen LogP contribution in [-0.4, -0.2) is 49.7 Å². The highest BCUT2D eigenvalue weighted by Crippen LogP contribution is 2.14. The second kappa shape index (κ2) is 6.08. The zero-order valence-electron chi connectivity index (χ0n) is 9.95. The second-order valence-electron chi connectivity index (χ2n) is 4.11. The van der Waals surface area contributed by atoms with Crippen molar-refractivity contribution in [3.05, 3.63) is 0 Å². The number of rotatable bonds is 5. The van der Waals surface area contributed by atoms with E-state index in [2.05, 4.69) is 24.1 Å². The summed E-state index contributed by atoms with van der Waals surface area (Å²) in [5.41, 5.74) is 0. The van der Waals surface area contributed by atoms with E-state index < -0.39 is 0 Å². The van der Waals surface area contributed by atoms with E-state index in [9.17, 15) is 4.79 Å². The van der Waals surface area contributed by atoms with Gasteiger partial charge >= 0.3 is 5.97 Å². The SMILES string of the molecule is CCN(C(C)CC(=O)OC)C1CCNC1. The van der Waals surface area contributed by atoms with E-state index in [1.54, 1.807) is 0 Å². The fourth-order valence-electron chi connectivity index (χ4n) is 2.29. The van der Waals surface area contributed by atoms with Crippen LogP contribution in [0.2, 0.25) is 0 Å². The summed E-state index contributed by atoms with van der Waals surface area (Å²) in [5, 5.41) is 3.35. The van der Waals surface area contributed by atoms with Gasteiger partial charge in [0, 0.05) is 18.6 Å². The van der Waals surface area contributed by atoms with Crippen LogP contribution in [0.4, 0.5) is 0 Å². The Labute approximate surface area is 92.0 Å². The Bertz CT molecular complexity index is 203. The van der Waals surface area contributed by atoms with E-state index in [1.165, 1.54) is 13.5 Å². The van der Waals surface area contributed by atoms with Crippen LogP contribution in [0.15, 0.2) is 0 Å². The summed E-state index contributed by atoms with van der Waals surface area (Å²) in [4.78, 5) is 13.6. The maximum absolute atomic E-state index is 11.2. The Morgan fingerprint density at radius 2 is 2.40 bits per heavy atom. The lowest BCUT2D eigenvalue weighted by Crippen LogP contribution is -2.43. The van der Waals surface area contributed by atoms with Crippen LogP contribution in [0.25, 0.3) is 0 Å². The van der Waals surface area contributed by atoms with Crippen molar-refractivity contribution in [2.75, 3.05) is 26.7 Å². The Kier molecular flexibility index (Phi) is 5.05. The number of esters is 1. The quantitative estimate of drug-likeness (QED) is 0.681. The van der Waals surface area contributed by atoms with Crippen LogP contribution in [0.3, 0.4) is 0 Å². The van der Waals surface area contributed by atoms with Crippen LogP contribution in [0, 0.1) is 0 Å². The summed E-state index contributed by atoms with van der Waals surface area (Å²) in [6.45, 7) is 7.36. The molecule has 0 aromatic rings. The molecule has 4 heteroatoms. The summed E-state index contributed by atoms with van der Waals surface area (Å²) < 4.78 is 4.70. The summed E-state index contributed by atoms with van der Waals surface area (Å²) in [5.74, 6) is -0.119.